The van der Waals surface area contributed by atoms with Gasteiger partial charge in [0.05, 0.1) is 5.38 Å². The fraction of sp³-hybridized carbons (Fsp3) is 0.429. The second-order valence-electron chi connectivity index (χ2n) is 2.48. The Bertz CT molecular complexity index is 290. The molecule has 2 rings (SSSR count). The molecule has 12 heavy (non-hydrogen) atoms. The molecule has 0 saturated heterocycles. The Morgan fingerprint density at radius 3 is 3.33 bits per heavy atom. The number of esters is 1. The van der Waals surface area contributed by atoms with Crippen LogP contribution >= 0.6 is 23.1 Å². The van der Waals surface area contributed by atoms with E-state index in [1.54, 1.807) is 23.1 Å². The van der Waals surface area contributed by atoms with E-state index in [-0.39, 0.29) is 11.4 Å². The zero-order valence-corrected chi connectivity index (χ0v) is 8.15. The molecule has 0 fully saturated rings. The maximum Gasteiger partial charge on any atom is 0.304 e. The number of hydrogen-bond acceptors (Lipinski definition) is 4. The topological polar surface area (TPSA) is 30.2 Å². The summed E-state index contributed by atoms with van der Waals surface area (Å²) in [5, 5.41) is 2.03. The summed E-state index contributed by atoms with van der Waals surface area (Å²) in [6, 6.07) is 0. The molecule has 1 aliphatic heterocycles. The molecule has 3 nitrogen and oxygen atoms in total. The average Bonchev–Trinajstić information content (AvgIpc) is 2.43. The van der Waals surface area contributed by atoms with Crippen LogP contribution < -0.4 is 4.57 Å². The molecule has 5 heteroatoms. The van der Waals surface area contributed by atoms with Gasteiger partial charge in [0.25, 0.3) is 0 Å². The molecule has 0 amide bonds. The van der Waals surface area contributed by atoms with Crippen LogP contribution in [0.1, 0.15) is 6.92 Å². The third-order valence-electron chi connectivity index (χ3n) is 1.52. The molecule has 0 N–H and O–H groups in total. The predicted octanol–water partition coefficient (Wildman–Crippen LogP) is 1.03. The smallest absolute Gasteiger partial charge is 0.304 e. The first-order chi connectivity index (χ1) is 5.75. The minimum Gasteiger partial charge on any atom is -0.444 e. The minimum absolute atomic E-state index is 0.0186. The summed E-state index contributed by atoms with van der Waals surface area (Å²) >= 11 is 3.29. The summed E-state index contributed by atoms with van der Waals surface area (Å²) < 4.78 is 8.37. The fourth-order valence-corrected chi connectivity index (χ4v) is 3.30. The Labute approximate surface area is 78.4 Å². The lowest BCUT2D eigenvalue weighted by Crippen LogP contribution is -2.33. The van der Waals surface area contributed by atoms with Gasteiger partial charge in [-0.15, -0.1) is 0 Å². The van der Waals surface area contributed by atoms with Crippen LogP contribution in [0.3, 0.4) is 0 Å². The predicted molar refractivity (Wildman–Crippen MR) is 45.9 cm³/mol. The lowest BCUT2D eigenvalue weighted by atomic mass is 10.6. The van der Waals surface area contributed by atoms with Crippen molar-refractivity contribution in [3.8, 4) is 0 Å². The van der Waals surface area contributed by atoms with E-state index < -0.39 is 0 Å². The zero-order valence-electron chi connectivity index (χ0n) is 6.52. The molecule has 0 aromatic carbocycles. The van der Waals surface area contributed by atoms with Crippen molar-refractivity contribution < 1.29 is 14.1 Å². The van der Waals surface area contributed by atoms with Crippen molar-refractivity contribution in [2.75, 3.05) is 0 Å². The summed E-state index contributed by atoms with van der Waals surface area (Å²) in [6.45, 7) is 2.22. The van der Waals surface area contributed by atoms with Gasteiger partial charge in [-0.05, 0) is 0 Å². The van der Waals surface area contributed by atoms with Gasteiger partial charge in [-0.1, -0.05) is 11.3 Å². The number of fused-ring (bicyclic) bond motifs is 1. The SMILES string of the molecule is CC(=O)OC1C[n+]2ccsc2S1. The molecule has 0 aliphatic carbocycles. The lowest BCUT2D eigenvalue weighted by molar-refractivity contribution is -0.722. The summed E-state index contributed by atoms with van der Waals surface area (Å²) in [4.78, 5) is 10.6. The van der Waals surface area contributed by atoms with E-state index in [4.69, 9.17) is 4.74 Å². The molecule has 0 radical (unpaired) electrons. The van der Waals surface area contributed by atoms with Crippen molar-refractivity contribution in [3.05, 3.63) is 11.6 Å². The molecule has 0 saturated carbocycles. The number of carbonyl (C=O) groups excluding carboxylic acids is 1. The van der Waals surface area contributed by atoms with E-state index in [0.29, 0.717) is 0 Å². The molecule has 1 unspecified atom stereocenters. The Hall–Kier alpha value is -0.550. The molecular formula is C7H8NO2S2+. The third-order valence-corrected chi connectivity index (χ3v) is 3.74. The number of hydrogen-bond donors (Lipinski definition) is 0. The van der Waals surface area contributed by atoms with Crippen LogP contribution in [0.4, 0.5) is 0 Å². The second kappa shape index (κ2) is 3.06. The van der Waals surface area contributed by atoms with Gasteiger partial charge in [-0.25, -0.2) is 0 Å². The van der Waals surface area contributed by atoms with Crippen LogP contribution in [0.15, 0.2) is 15.9 Å². The van der Waals surface area contributed by atoms with Gasteiger partial charge < -0.3 is 4.74 Å². The summed E-state index contributed by atoms with van der Waals surface area (Å²) in [6.07, 6.45) is 2.01. The highest BCUT2D eigenvalue weighted by Gasteiger charge is 2.33. The number of thioether (sulfide) groups is 1. The first-order valence-corrected chi connectivity index (χ1v) is 5.32. The van der Waals surface area contributed by atoms with E-state index >= 15 is 0 Å². The number of thiazole rings is 1. The van der Waals surface area contributed by atoms with Crippen molar-refractivity contribution in [3.63, 3.8) is 0 Å². The first kappa shape index (κ1) is 8.07. The average molecular weight is 202 g/mol. The largest absolute Gasteiger partial charge is 0.444 e. The first-order valence-electron chi connectivity index (χ1n) is 3.56. The highest BCUT2D eigenvalue weighted by molar-refractivity contribution is 8.01. The van der Waals surface area contributed by atoms with Gasteiger partial charge in [0, 0.05) is 18.7 Å². The highest BCUT2D eigenvalue weighted by atomic mass is 32.2. The van der Waals surface area contributed by atoms with Crippen LogP contribution in [-0.2, 0) is 16.1 Å². The monoisotopic (exact) mass is 202 g/mol. The van der Waals surface area contributed by atoms with E-state index in [1.165, 1.54) is 11.3 Å². The van der Waals surface area contributed by atoms with Gasteiger partial charge in [-0.2, -0.15) is 4.57 Å². The van der Waals surface area contributed by atoms with Gasteiger partial charge >= 0.3 is 10.3 Å². The van der Waals surface area contributed by atoms with Crippen LogP contribution in [0.2, 0.25) is 0 Å². The highest BCUT2D eigenvalue weighted by Crippen LogP contribution is 2.30. The Balaban J connectivity index is 2.03. The zero-order chi connectivity index (χ0) is 8.55. The van der Waals surface area contributed by atoms with Crippen molar-refractivity contribution >= 4 is 29.1 Å². The quantitative estimate of drug-likeness (QED) is 0.503. The minimum atomic E-state index is -0.205. The molecule has 2 heterocycles. The number of aromatic nitrogens is 1. The van der Waals surface area contributed by atoms with E-state index in [0.717, 1.165) is 6.54 Å². The van der Waals surface area contributed by atoms with Crippen LogP contribution in [0, 0.1) is 0 Å². The van der Waals surface area contributed by atoms with Crippen molar-refractivity contribution in [1.82, 2.24) is 0 Å². The van der Waals surface area contributed by atoms with Crippen molar-refractivity contribution in [2.45, 2.75) is 23.2 Å². The van der Waals surface area contributed by atoms with Crippen LogP contribution in [0.25, 0.3) is 0 Å². The van der Waals surface area contributed by atoms with Gasteiger partial charge in [0.15, 0.2) is 12.7 Å². The molecule has 1 aromatic heterocycles. The Morgan fingerprint density at radius 1 is 1.83 bits per heavy atom. The number of rotatable bonds is 1. The summed E-state index contributed by atoms with van der Waals surface area (Å²) in [5.74, 6) is -0.205. The molecule has 1 aromatic rings. The second-order valence-corrected chi connectivity index (χ2v) is 4.78. The maximum absolute atomic E-state index is 10.6. The normalized spacial score (nSPS) is 20.6. The van der Waals surface area contributed by atoms with E-state index in [9.17, 15) is 4.79 Å². The maximum atomic E-state index is 10.6. The number of ether oxygens (including phenoxy) is 1. The summed E-state index contributed by atoms with van der Waals surface area (Å²) in [5.41, 5.74) is -0.0186. The standard InChI is InChI=1S/C7H8NO2S2/c1-5(9)10-6-4-8-2-3-11-7(8)12-6/h2-3,6H,4H2,1H3/q+1. The van der Waals surface area contributed by atoms with E-state index in [2.05, 4.69) is 4.57 Å². The van der Waals surface area contributed by atoms with Gasteiger partial charge in [0.2, 0.25) is 5.44 Å². The number of nitrogens with zero attached hydrogens (tertiary/aromatic N) is 1. The van der Waals surface area contributed by atoms with Crippen molar-refractivity contribution in [1.29, 1.82) is 0 Å². The third kappa shape index (κ3) is 1.47. The molecule has 1 aliphatic rings. The van der Waals surface area contributed by atoms with Crippen LogP contribution in [0.5, 0.6) is 0 Å². The van der Waals surface area contributed by atoms with Crippen LogP contribution in [-0.4, -0.2) is 11.4 Å². The molecule has 0 bridgehead atoms. The van der Waals surface area contributed by atoms with Gasteiger partial charge in [-0.3, -0.25) is 4.79 Å². The van der Waals surface area contributed by atoms with Crippen molar-refractivity contribution in [2.24, 2.45) is 0 Å². The lowest BCUT2D eigenvalue weighted by Gasteiger charge is -2.02. The molecule has 64 valence electrons. The Kier molecular flexibility index (Phi) is 2.06. The van der Waals surface area contributed by atoms with Gasteiger partial charge in [0.1, 0.15) is 0 Å². The number of carbonyl (C=O) groups is 1. The van der Waals surface area contributed by atoms with E-state index in [1.807, 2.05) is 11.6 Å². The molecule has 1 atom stereocenters. The molecule has 0 spiro atoms. The fourth-order valence-electron chi connectivity index (χ4n) is 1.08. The summed E-state index contributed by atoms with van der Waals surface area (Å²) in [7, 11) is 0. The Morgan fingerprint density at radius 2 is 2.67 bits per heavy atom. The molecular weight excluding hydrogens is 194 g/mol.